The molecule has 2 amide bonds. The van der Waals surface area contributed by atoms with Crippen LogP contribution in [0, 0.1) is 5.41 Å². The fraction of sp³-hybridized carbons (Fsp3) is 0.818. The van der Waals surface area contributed by atoms with Crippen LogP contribution in [0.1, 0.15) is 27.7 Å². The third-order valence-corrected chi connectivity index (χ3v) is 2.17. The van der Waals surface area contributed by atoms with Gasteiger partial charge in [0.2, 0.25) is 11.8 Å². The Kier molecular flexibility index (Phi) is 5.66. The molecule has 5 nitrogen and oxygen atoms in total. The van der Waals surface area contributed by atoms with Gasteiger partial charge in [-0.15, -0.1) is 0 Å². The second-order valence-corrected chi connectivity index (χ2v) is 5.18. The number of hydrogen-bond donors (Lipinski definition) is 3. The molecule has 18 heavy (non-hydrogen) atoms. The Morgan fingerprint density at radius 3 is 2.17 bits per heavy atom. The van der Waals surface area contributed by atoms with Crippen molar-refractivity contribution in [2.45, 2.75) is 39.7 Å². The lowest BCUT2D eigenvalue weighted by atomic mass is 9.95. The Bertz CT molecular complexity index is 314. The van der Waals surface area contributed by atoms with Crippen LogP contribution < -0.4 is 10.6 Å². The van der Waals surface area contributed by atoms with Gasteiger partial charge in [0, 0.05) is 5.41 Å². The van der Waals surface area contributed by atoms with Crippen LogP contribution in [0.25, 0.3) is 0 Å². The molecule has 0 saturated carbocycles. The highest BCUT2D eigenvalue weighted by Crippen LogP contribution is 2.13. The van der Waals surface area contributed by atoms with Gasteiger partial charge in [0.15, 0.2) is 0 Å². The molecular weight excluding hydrogens is 246 g/mol. The molecule has 0 rings (SSSR count). The lowest BCUT2D eigenvalue weighted by molar-refractivity contribution is -0.134. The van der Waals surface area contributed by atoms with Crippen molar-refractivity contribution < 1.29 is 23.5 Å². The van der Waals surface area contributed by atoms with Crippen LogP contribution >= 0.6 is 0 Å². The zero-order valence-corrected chi connectivity index (χ0v) is 11.0. The summed E-state index contributed by atoms with van der Waals surface area (Å²) in [5.74, 6) is -4.43. The molecule has 0 bridgehead atoms. The van der Waals surface area contributed by atoms with Crippen molar-refractivity contribution >= 4 is 11.8 Å². The molecular formula is C11H20F2N2O3. The number of amides is 2. The largest absolute Gasteiger partial charge is 0.390 e. The van der Waals surface area contributed by atoms with Gasteiger partial charge in [-0.2, -0.15) is 0 Å². The molecule has 0 radical (unpaired) electrons. The predicted octanol–water partition coefficient (Wildman–Crippen LogP) is 0.281. The summed E-state index contributed by atoms with van der Waals surface area (Å²) in [5, 5.41) is 12.7. The Hall–Kier alpha value is -1.24. The van der Waals surface area contributed by atoms with Crippen LogP contribution in [-0.4, -0.2) is 42.0 Å². The van der Waals surface area contributed by atoms with E-state index in [4.69, 9.17) is 5.11 Å². The molecule has 0 saturated heterocycles. The zero-order chi connectivity index (χ0) is 14.6. The van der Waals surface area contributed by atoms with Crippen molar-refractivity contribution in [2.75, 3.05) is 13.2 Å². The molecule has 0 spiro atoms. The lowest BCUT2D eigenvalue weighted by Gasteiger charge is -2.22. The van der Waals surface area contributed by atoms with Crippen molar-refractivity contribution in [3.8, 4) is 0 Å². The molecule has 0 aliphatic carbocycles. The molecule has 1 atom stereocenters. The average molecular weight is 266 g/mol. The van der Waals surface area contributed by atoms with E-state index in [0.717, 1.165) is 0 Å². The molecule has 0 heterocycles. The zero-order valence-electron chi connectivity index (χ0n) is 11.0. The van der Waals surface area contributed by atoms with E-state index in [2.05, 4.69) is 5.32 Å². The number of aliphatic hydroxyl groups is 1. The van der Waals surface area contributed by atoms with Gasteiger partial charge in [-0.05, 0) is 6.92 Å². The summed E-state index contributed by atoms with van der Waals surface area (Å²) in [7, 11) is 0. The van der Waals surface area contributed by atoms with Crippen molar-refractivity contribution in [3.63, 3.8) is 0 Å². The van der Waals surface area contributed by atoms with Gasteiger partial charge < -0.3 is 15.7 Å². The maximum atomic E-state index is 12.7. The number of halogens is 2. The van der Waals surface area contributed by atoms with E-state index in [1.165, 1.54) is 6.92 Å². The number of carbonyl (C=O) groups excluding carboxylic acids is 2. The van der Waals surface area contributed by atoms with Gasteiger partial charge in [-0.3, -0.25) is 9.59 Å². The Balaban J connectivity index is 4.25. The highest BCUT2D eigenvalue weighted by atomic mass is 19.3. The minimum absolute atomic E-state index is 0.348. The molecule has 3 N–H and O–H groups in total. The molecule has 0 aliphatic rings. The first-order chi connectivity index (χ1) is 7.99. The summed E-state index contributed by atoms with van der Waals surface area (Å²) < 4.78 is 25.4. The van der Waals surface area contributed by atoms with Gasteiger partial charge in [0.05, 0.1) is 6.54 Å². The fourth-order valence-electron chi connectivity index (χ4n) is 0.904. The van der Waals surface area contributed by atoms with Crippen LogP contribution in [0.4, 0.5) is 8.78 Å². The van der Waals surface area contributed by atoms with Gasteiger partial charge in [-0.25, -0.2) is 8.78 Å². The van der Waals surface area contributed by atoms with E-state index in [9.17, 15) is 18.4 Å². The third kappa shape index (κ3) is 5.90. The van der Waals surface area contributed by atoms with Crippen LogP contribution in [0.3, 0.4) is 0 Å². The summed E-state index contributed by atoms with van der Waals surface area (Å²) in [6.07, 6.45) is 0. The van der Waals surface area contributed by atoms with E-state index >= 15 is 0 Å². The average Bonchev–Trinajstić information content (AvgIpc) is 2.24. The maximum Gasteiger partial charge on any atom is 0.287 e. The predicted molar refractivity (Wildman–Crippen MR) is 62.1 cm³/mol. The van der Waals surface area contributed by atoms with Crippen molar-refractivity contribution in [1.29, 1.82) is 0 Å². The highest BCUT2D eigenvalue weighted by Gasteiger charge is 2.30. The van der Waals surface area contributed by atoms with Crippen LogP contribution in [0.5, 0.6) is 0 Å². The normalized spacial score (nSPS) is 13.9. The summed E-state index contributed by atoms with van der Waals surface area (Å²) >= 11 is 0. The second kappa shape index (κ2) is 6.08. The Morgan fingerprint density at radius 1 is 1.28 bits per heavy atom. The highest BCUT2D eigenvalue weighted by molar-refractivity contribution is 5.89. The summed E-state index contributed by atoms with van der Waals surface area (Å²) in [5.41, 5.74) is -0.663. The topological polar surface area (TPSA) is 78.4 Å². The summed E-state index contributed by atoms with van der Waals surface area (Å²) in [6, 6.07) is -0.911. The molecule has 7 heteroatoms. The summed E-state index contributed by atoms with van der Waals surface area (Å²) in [6.45, 7) is 4.12. The maximum absolute atomic E-state index is 12.7. The molecule has 1 unspecified atom stereocenters. The smallest absolute Gasteiger partial charge is 0.287 e. The Morgan fingerprint density at radius 2 is 1.78 bits per heavy atom. The minimum Gasteiger partial charge on any atom is -0.390 e. The number of nitrogens with one attached hydrogen (secondary N) is 2. The first kappa shape index (κ1) is 16.8. The first-order valence-corrected chi connectivity index (χ1v) is 5.57. The standard InChI is InChI=1S/C11H20F2N2O3/c1-7(15-9(18)10(2,3)4)8(17)14-5-11(12,13)6-16/h7,16H,5-6H2,1-4H3,(H,14,17)(H,15,18). The number of hydrogen-bond acceptors (Lipinski definition) is 3. The van der Waals surface area contributed by atoms with Crippen molar-refractivity contribution in [2.24, 2.45) is 5.41 Å². The SMILES string of the molecule is CC(NC(=O)C(C)(C)C)C(=O)NCC(F)(F)CO. The summed E-state index contributed by atoms with van der Waals surface area (Å²) in [4.78, 5) is 23.0. The van der Waals surface area contributed by atoms with Gasteiger partial charge >= 0.3 is 0 Å². The van der Waals surface area contributed by atoms with Crippen LogP contribution in [-0.2, 0) is 9.59 Å². The molecule has 0 aromatic rings. The van der Waals surface area contributed by atoms with Gasteiger partial charge in [0.1, 0.15) is 12.6 Å². The lowest BCUT2D eigenvalue weighted by Crippen LogP contribution is -2.50. The van der Waals surface area contributed by atoms with E-state index in [1.54, 1.807) is 20.8 Å². The van der Waals surface area contributed by atoms with Gasteiger partial charge in [-0.1, -0.05) is 20.8 Å². The monoisotopic (exact) mass is 266 g/mol. The van der Waals surface area contributed by atoms with E-state index < -0.39 is 36.4 Å². The Labute approximate surface area is 105 Å². The molecule has 0 fully saturated rings. The molecule has 0 aromatic heterocycles. The molecule has 0 aliphatic heterocycles. The van der Waals surface area contributed by atoms with E-state index in [-0.39, 0.29) is 5.91 Å². The minimum atomic E-state index is -3.36. The van der Waals surface area contributed by atoms with Crippen molar-refractivity contribution in [3.05, 3.63) is 0 Å². The number of rotatable bonds is 5. The third-order valence-electron chi connectivity index (χ3n) is 2.17. The van der Waals surface area contributed by atoms with Gasteiger partial charge in [0.25, 0.3) is 5.92 Å². The van der Waals surface area contributed by atoms with Crippen LogP contribution in [0.15, 0.2) is 0 Å². The second-order valence-electron chi connectivity index (χ2n) is 5.18. The fourth-order valence-corrected chi connectivity index (χ4v) is 0.904. The van der Waals surface area contributed by atoms with E-state index in [1.807, 2.05) is 5.32 Å². The first-order valence-electron chi connectivity index (χ1n) is 5.57. The number of alkyl halides is 2. The van der Waals surface area contributed by atoms with Crippen molar-refractivity contribution in [1.82, 2.24) is 10.6 Å². The van der Waals surface area contributed by atoms with Crippen LogP contribution in [0.2, 0.25) is 0 Å². The molecule has 0 aromatic carbocycles. The number of carbonyl (C=O) groups is 2. The van der Waals surface area contributed by atoms with E-state index in [0.29, 0.717) is 0 Å². The molecule has 106 valence electrons. The quantitative estimate of drug-likeness (QED) is 0.669. The number of aliphatic hydroxyl groups excluding tert-OH is 1.